The highest BCUT2D eigenvalue weighted by atomic mass is 32.1. The van der Waals surface area contributed by atoms with Gasteiger partial charge in [0.2, 0.25) is 0 Å². The summed E-state index contributed by atoms with van der Waals surface area (Å²) < 4.78 is 9.48. The maximum absolute atomic E-state index is 5.42. The van der Waals surface area contributed by atoms with Crippen molar-refractivity contribution >= 4 is 11.5 Å². The van der Waals surface area contributed by atoms with Crippen molar-refractivity contribution in [3.63, 3.8) is 0 Å². The highest BCUT2D eigenvalue weighted by molar-refractivity contribution is 7.05. The zero-order valence-corrected chi connectivity index (χ0v) is 11.6. The van der Waals surface area contributed by atoms with E-state index in [2.05, 4.69) is 27.9 Å². The van der Waals surface area contributed by atoms with Gasteiger partial charge in [0.05, 0.1) is 23.7 Å². The Hall–Kier alpha value is -1.46. The molecule has 0 aliphatic carbocycles. The summed E-state index contributed by atoms with van der Waals surface area (Å²) >= 11 is 1.44. The van der Waals surface area contributed by atoms with Crippen LogP contribution in [0.15, 0.2) is 24.3 Å². The first kappa shape index (κ1) is 13.0. The summed E-state index contributed by atoms with van der Waals surface area (Å²) in [7, 11) is 3.63. The van der Waals surface area contributed by atoms with Gasteiger partial charge in [0.25, 0.3) is 0 Å². The number of nitrogens with zero attached hydrogens (tertiary/aromatic N) is 2. The molecule has 1 aromatic carbocycles. The van der Waals surface area contributed by atoms with E-state index in [-0.39, 0.29) is 6.04 Å². The Balaban J connectivity index is 2.45. The van der Waals surface area contributed by atoms with Crippen molar-refractivity contribution in [1.82, 2.24) is 14.9 Å². The lowest BCUT2D eigenvalue weighted by atomic mass is 10.0. The molecule has 0 aliphatic rings. The first-order valence-corrected chi connectivity index (χ1v) is 6.70. The quantitative estimate of drug-likeness (QED) is 0.900. The van der Waals surface area contributed by atoms with Crippen LogP contribution in [-0.2, 0) is 6.42 Å². The van der Waals surface area contributed by atoms with Gasteiger partial charge in [-0.1, -0.05) is 29.6 Å². The Morgan fingerprint density at radius 2 is 2.17 bits per heavy atom. The number of ether oxygens (including phenoxy) is 1. The molecular formula is C13H17N3OS. The Morgan fingerprint density at radius 3 is 2.83 bits per heavy atom. The molecule has 0 saturated carbocycles. The maximum atomic E-state index is 5.42. The van der Waals surface area contributed by atoms with Crippen LogP contribution in [0, 0.1) is 0 Å². The van der Waals surface area contributed by atoms with Crippen LogP contribution in [0.2, 0.25) is 0 Å². The van der Waals surface area contributed by atoms with Crippen molar-refractivity contribution in [2.24, 2.45) is 0 Å². The fourth-order valence-electron chi connectivity index (χ4n) is 2.01. The van der Waals surface area contributed by atoms with Crippen LogP contribution in [0.1, 0.15) is 29.1 Å². The highest BCUT2D eigenvalue weighted by Crippen LogP contribution is 2.32. The van der Waals surface area contributed by atoms with Crippen LogP contribution < -0.4 is 10.1 Å². The zero-order valence-electron chi connectivity index (χ0n) is 10.8. The topological polar surface area (TPSA) is 47.0 Å². The van der Waals surface area contributed by atoms with Crippen LogP contribution >= 0.6 is 11.5 Å². The molecule has 1 N–H and O–H groups in total. The lowest BCUT2D eigenvalue weighted by Crippen LogP contribution is -2.18. The van der Waals surface area contributed by atoms with Crippen LogP contribution in [0.25, 0.3) is 0 Å². The van der Waals surface area contributed by atoms with Gasteiger partial charge in [0.15, 0.2) is 0 Å². The molecule has 0 saturated heterocycles. The predicted octanol–water partition coefficient (Wildman–Crippen LogP) is 2.42. The number of methoxy groups -OCH3 is 1. The standard InChI is InChI=1S/C13H17N3OS/c1-4-10-13(18-16-15-10)12(14-2)9-7-5-6-8-11(9)17-3/h5-8,12,14H,4H2,1-3H3. The molecule has 0 bridgehead atoms. The Labute approximate surface area is 111 Å². The van der Waals surface area contributed by atoms with Crippen LogP contribution in [0.3, 0.4) is 0 Å². The summed E-state index contributed by atoms with van der Waals surface area (Å²) in [6.07, 6.45) is 0.888. The molecule has 0 spiro atoms. The second-order valence-corrected chi connectivity index (χ2v) is 4.69. The zero-order chi connectivity index (χ0) is 13.0. The minimum Gasteiger partial charge on any atom is -0.496 e. The maximum Gasteiger partial charge on any atom is 0.124 e. The number of rotatable bonds is 5. The fourth-order valence-corrected chi connectivity index (χ4v) is 2.88. The number of nitrogens with one attached hydrogen (secondary N) is 1. The number of aromatic nitrogens is 2. The van der Waals surface area contributed by atoms with E-state index in [4.69, 9.17) is 4.74 Å². The second-order valence-electron chi connectivity index (χ2n) is 3.90. The molecule has 1 atom stereocenters. The lowest BCUT2D eigenvalue weighted by molar-refractivity contribution is 0.405. The average molecular weight is 263 g/mol. The summed E-state index contributed by atoms with van der Waals surface area (Å²) in [5.41, 5.74) is 2.16. The van der Waals surface area contributed by atoms with E-state index in [1.165, 1.54) is 11.5 Å². The molecule has 1 heterocycles. The predicted molar refractivity (Wildman–Crippen MR) is 73.2 cm³/mol. The molecule has 5 heteroatoms. The smallest absolute Gasteiger partial charge is 0.124 e. The normalized spacial score (nSPS) is 12.4. The van der Waals surface area contributed by atoms with Gasteiger partial charge in [-0.25, -0.2) is 0 Å². The molecule has 0 radical (unpaired) electrons. The Morgan fingerprint density at radius 1 is 1.39 bits per heavy atom. The fraction of sp³-hybridized carbons (Fsp3) is 0.385. The number of para-hydroxylation sites is 1. The van der Waals surface area contributed by atoms with Crippen molar-refractivity contribution in [2.75, 3.05) is 14.2 Å². The molecule has 96 valence electrons. The van der Waals surface area contributed by atoms with Crippen LogP contribution in [0.4, 0.5) is 0 Å². The highest BCUT2D eigenvalue weighted by Gasteiger charge is 2.21. The van der Waals surface area contributed by atoms with Crippen molar-refractivity contribution in [3.05, 3.63) is 40.4 Å². The molecule has 18 heavy (non-hydrogen) atoms. The monoisotopic (exact) mass is 263 g/mol. The average Bonchev–Trinajstić information content (AvgIpc) is 2.88. The van der Waals surface area contributed by atoms with Gasteiger partial charge in [-0.15, -0.1) is 5.10 Å². The third-order valence-electron chi connectivity index (χ3n) is 2.92. The number of aryl methyl sites for hydroxylation is 1. The van der Waals surface area contributed by atoms with Gasteiger partial charge in [-0.05, 0) is 31.1 Å². The molecule has 2 rings (SSSR count). The number of benzene rings is 1. The van der Waals surface area contributed by atoms with Crippen LogP contribution in [0.5, 0.6) is 5.75 Å². The third-order valence-corrected chi connectivity index (χ3v) is 3.75. The summed E-state index contributed by atoms with van der Waals surface area (Å²) in [5, 5.41) is 7.49. The van der Waals surface area contributed by atoms with Crippen molar-refractivity contribution in [2.45, 2.75) is 19.4 Å². The first-order valence-electron chi connectivity index (χ1n) is 5.93. The Kier molecular flexibility index (Phi) is 4.28. The summed E-state index contributed by atoms with van der Waals surface area (Å²) in [5.74, 6) is 0.882. The van der Waals surface area contributed by atoms with E-state index in [0.717, 1.165) is 28.3 Å². The van der Waals surface area contributed by atoms with E-state index >= 15 is 0 Å². The molecule has 0 amide bonds. The largest absolute Gasteiger partial charge is 0.496 e. The Bertz CT molecular complexity index is 512. The molecule has 0 aliphatic heterocycles. The van der Waals surface area contributed by atoms with Crippen molar-refractivity contribution < 1.29 is 4.74 Å². The van der Waals surface area contributed by atoms with Crippen LogP contribution in [-0.4, -0.2) is 23.7 Å². The van der Waals surface area contributed by atoms with Crippen molar-refractivity contribution in [3.8, 4) is 5.75 Å². The van der Waals surface area contributed by atoms with Gasteiger partial charge in [-0.3, -0.25) is 0 Å². The van der Waals surface area contributed by atoms with Gasteiger partial charge in [-0.2, -0.15) is 0 Å². The van der Waals surface area contributed by atoms with E-state index < -0.39 is 0 Å². The van der Waals surface area contributed by atoms with E-state index in [9.17, 15) is 0 Å². The van der Waals surface area contributed by atoms with E-state index in [0.29, 0.717) is 0 Å². The third kappa shape index (κ3) is 2.37. The SMILES string of the molecule is CCc1nnsc1C(NC)c1ccccc1OC. The lowest BCUT2D eigenvalue weighted by Gasteiger charge is -2.18. The summed E-state index contributed by atoms with van der Waals surface area (Å²) in [4.78, 5) is 1.16. The first-order chi connectivity index (χ1) is 8.81. The van der Waals surface area contributed by atoms with Gasteiger partial charge < -0.3 is 10.1 Å². The van der Waals surface area contributed by atoms with Gasteiger partial charge in [0, 0.05) is 5.56 Å². The summed E-state index contributed by atoms with van der Waals surface area (Å²) in [6.45, 7) is 2.09. The summed E-state index contributed by atoms with van der Waals surface area (Å²) in [6, 6.07) is 8.11. The molecule has 0 fully saturated rings. The minimum absolute atomic E-state index is 0.0797. The number of hydrogen-bond donors (Lipinski definition) is 1. The minimum atomic E-state index is 0.0797. The van der Waals surface area contributed by atoms with Gasteiger partial charge in [0.1, 0.15) is 5.75 Å². The molecule has 2 aromatic rings. The molecule has 1 aromatic heterocycles. The van der Waals surface area contributed by atoms with Crippen molar-refractivity contribution in [1.29, 1.82) is 0 Å². The van der Waals surface area contributed by atoms with E-state index in [1.54, 1.807) is 7.11 Å². The molecule has 1 unspecified atom stereocenters. The molecule has 4 nitrogen and oxygen atoms in total. The second kappa shape index (κ2) is 5.93. The number of hydrogen-bond acceptors (Lipinski definition) is 5. The molecular weight excluding hydrogens is 246 g/mol. The van der Waals surface area contributed by atoms with Gasteiger partial charge >= 0.3 is 0 Å². The van der Waals surface area contributed by atoms with E-state index in [1.807, 2.05) is 25.2 Å².